The Kier molecular flexibility index (Phi) is 4.23. The number of ether oxygens (including phenoxy) is 2. The van der Waals surface area contributed by atoms with Crippen molar-refractivity contribution < 1.29 is 9.47 Å². The molecule has 116 valence electrons. The number of nitrogens with one attached hydrogen (secondary N) is 1. The van der Waals surface area contributed by atoms with Gasteiger partial charge < -0.3 is 14.8 Å². The summed E-state index contributed by atoms with van der Waals surface area (Å²) in [5.74, 6) is 1.70. The first-order valence-electron chi connectivity index (χ1n) is 8.15. The molecular weight excluding hydrogens is 262 g/mol. The van der Waals surface area contributed by atoms with Gasteiger partial charge in [0.1, 0.15) is 5.75 Å². The molecule has 1 spiro atoms. The van der Waals surface area contributed by atoms with E-state index in [1.54, 1.807) is 7.11 Å². The second-order valence-electron chi connectivity index (χ2n) is 6.87. The molecule has 0 amide bonds. The van der Waals surface area contributed by atoms with Gasteiger partial charge in [-0.1, -0.05) is 31.4 Å². The Hall–Kier alpha value is -1.06. The third-order valence-corrected chi connectivity index (χ3v) is 4.95. The zero-order chi connectivity index (χ0) is 14.9. The minimum Gasteiger partial charge on any atom is -0.496 e. The van der Waals surface area contributed by atoms with Crippen LogP contribution in [0.4, 0.5) is 0 Å². The summed E-state index contributed by atoms with van der Waals surface area (Å²) >= 11 is 0. The highest BCUT2D eigenvalue weighted by molar-refractivity contribution is 5.39. The zero-order valence-electron chi connectivity index (χ0n) is 13.4. The van der Waals surface area contributed by atoms with Crippen LogP contribution in [-0.4, -0.2) is 25.8 Å². The summed E-state index contributed by atoms with van der Waals surface area (Å²) in [5, 5.41) is 3.60. The van der Waals surface area contributed by atoms with E-state index in [0.29, 0.717) is 0 Å². The van der Waals surface area contributed by atoms with E-state index in [-0.39, 0.29) is 11.7 Å². The molecule has 1 heterocycles. The van der Waals surface area contributed by atoms with Crippen LogP contribution >= 0.6 is 0 Å². The number of hydrogen-bond donors (Lipinski definition) is 1. The number of methoxy groups -OCH3 is 1. The van der Waals surface area contributed by atoms with Crippen molar-refractivity contribution in [1.82, 2.24) is 5.32 Å². The van der Waals surface area contributed by atoms with Crippen LogP contribution in [0.2, 0.25) is 0 Å². The summed E-state index contributed by atoms with van der Waals surface area (Å²) in [5.41, 5.74) is 2.46. The van der Waals surface area contributed by atoms with Crippen LogP contribution in [0, 0.1) is 12.8 Å². The van der Waals surface area contributed by atoms with E-state index in [1.807, 2.05) is 0 Å². The predicted molar refractivity (Wildman–Crippen MR) is 84.8 cm³/mol. The molecule has 1 aliphatic carbocycles. The maximum Gasteiger partial charge on any atom is 0.124 e. The van der Waals surface area contributed by atoms with E-state index < -0.39 is 0 Å². The normalized spacial score (nSPS) is 33.1. The molecule has 2 aliphatic rings. The van der Waals surface area contributed by atoms with Crippen molar-refractivity contribution in [3.63, 3.8) is 0 Å². The highest BCUT2D eigenvalue weighted by Gasteiger charge is 2.41. The Bertz CT molecular complexity index is 498. The Balaban J connectivity index is 1.84. The summed E-state index contributed by atoms with van der Waals surface area (Å²) in [6.07, 6.45) is 5.06. The summed E-state index contributed by atoms with van der Waals surface area (Å²) in [6.45, 7) is 6.33. The number of benzene rings is 1. The fourth-order valence-corrected chi connectivity index (χ4v) is 3.97. The van der Waals surface area contributed by atoms with Gasteiger partial charge in [-0.2, -0.15) is 0 Å². The molecule has 1 saturated heterocycles. The molecule has 1 aliphatic heterocycles. The summed E-state index contributed by atoms with van der Waals surface area (Å²) < 4.78 is 12.2. The predicted octanol–water partition coefficient (Wildman–Crippen LogP) is 3.61. The fourth-order valence-electron chi connectivity index (χ4n) is 3.97. The quantitative estimate of drug-likeness (QED) is 0.902. The van der Waals surface area contributed by atoms with Gasteiger partial charge in [0.2, 0.25) is 0 Å². The molecule has 1 aromatic rings. The fraction of sp³-hybridized carbons (Fsp3) is 0.667. The van der Waals surface area contributed by atoms with E-state index >= 15 is 0 Å². The first-order chi connectivity index (χ1) is 10.1. The van der Waals surface area contributed by atoms with Gasteiger partial charge in [0.25, 0.3) is 0 Å². The average Bonchev–Trinajstić information content (AvgIpc) is 2.47. The Morgan fingerprint density at radius 1 is 1.38 bits per heavy atom. The molecule has 0 bridgehead atoms. The Morgan fingerprint density at radius 2 is 2.24 bits per heavy atom. The van der Waals surface area contributed by atoms with Gasteiger partial charge in [0.15, 0.2) is 0 Å². The van der Waals surface area contributed by atoms with E-state index in [1.165, 1.54) is 36.8 Å². The second-order valence-corrected chi connectivity index (χ2v) is 6.87. The lowest BCUT2D eigenvalue weighted by Crippen LogP contribution is -2.53. The van der Waals surface area contributed by atoms with Gasteiger partial charge in [0.05, 0.1) is 18.8 Å². The first-order valence-corrected chi connectivity index (χ1v) is 8.15. The molecule has 21 heavy (non-hydrogen) atoms. The van der Waals surface area contributed by atoms with Crippen LogP contribution in [0.5, 0.6) is 5.75 Å². The van der Waals surface area contributed by atoms with Crippen molar-refractivity contribution in [3.8, 4) is 5.75 Å². The van der Waals surface area contributed by atoms with Gasteiger partial charge in [-0.25, -0.2) is 0 Å². The highest BCUT2D eigenvalue weighted by Crippen LogP contribution is 2.41. The van der Waals surface area contributed by atoms with Crippen LogP contribution in [-0.2, 0) is 4.74 Å². The Morgan fingerprint density at radius 3 is 3.00 bits per heavy atom. The largest absolute Gasteiger partial charge is 0.496 e. The maximum atomic E-state index is 6.63. The van der Waals surface area contributed by atoms with Crippen molar-refractivity contribution in [2.45, 2.75) is 51.2 Å². The van der Waals surface area contributed by atoms with E-state index in [0.717, 1.165) is 24.8 Å². The van der Waals surface area contributed by atoms with Crippen molar-refractivity contribution >= 4 is 0 Å². The molecule has 0 aromatic heterocycles. The SMILES string of the molecule is COc1ccc(C)cc1C1CNCC2(CCCC(C)C2)O1. The summed E-state index contributed by atoms with van der Waals surface area (Å²) in [4.78, 5) is 0. The van der Waals surface area contributed by atoms with Crippen molar-refractivity contribution in [3.05, 3.63) is 29.3 Å². The minimum atomic E-state index is 0.0232. The molecule has 3 atom stereocenters. The Labute approximate surface area is 128 Å². The third kappa shape index (κ3) is 3.09. The molecule has 1 aromatic carbocycles. The van der Waals surface area contributed by atoms with E-state index in [2.05, 4.69) is 37.4 Å². The molecule has 3 nitrogen and oxygen atoms in total. The van der Waals surface area contributed by atoms with E-state index in [4.69, 9.17) is 9.47 Å². The standard InChI is InChI=1S/C18H27NO2/c1-13-6-7-16(20-3)15(9-13)17-11-19-12-18(21-17)8-4-5-14(2)10-18/h6-7,9,14,17,19H,4-5,8,10-12H2,1-3H3. The number of aryl methyl sites for hydroxylation is 1. The topological polar surface area (TPSA) is 30.5 Å². The first kappa shape index (κ1) is 14.9. The molecule has 1 N–H and O–H groups in total. The van der Waals surface area contributed by atoms with Crippen molar-refractivity contribution in [2.75, 3.05) is 20.2 Å². The average molecular weight is 289 g/mol. The lowest BCUT2D eigenvalue weighted by atomic mass is 9.77. The van der Waals surface area contributed by atoms with E-state index in [9.17, 15) is 0 Å². The lowest BCUT2D eigenvalue weighted by Gasteiger charge is -2.46. The molecule has 2 fully saturated rings. The van der Waals surface area contributed by atoms with Crippen molar-refractivity contribution in [2.24, 2.45) is 5.92 Å². The number of morpholine rings is 1. The second kappa shape index (κ2) is 5.98. The van der Waals surface area contributed by atoms with Crippen LogP contribution in [0.3, 0.4) is 0 Å². The maximum absolute atomic E-state index is 6.63. The van der Waals surface area contributed by atoms with Crippen LogP contribution in [0.25, 0.3) is 0 Å². The minimum absolute atomic E-state index is 0.0232. The van der Waals surface area contributed by atoms with Gasteiger partial charge in [0, 0.05) is 18.7 Å². The highest BCUT2D eigenvalue weighted by atomic mass is 16.5. The smallest absolute Gasteiger partial charge is 0.124 e. The molecule has 1 saturated carbocycles. The third-order valence-electron chi connectivity index (χ3n) is 4.95. The van der Waals surface area contributed by atoms with Gasteiger partial charge in [-0.05, 0) is 37.8 Å². The molecule has 3 heteroatoms. The molecule has 3 rings (SSSR count). The van der Waals surface area contributed by atoms with Gasteiger partial charge >= 0.3 is 0 Å². The molecular formula is C18H27NO2. The summed E-state index contributed by atoms with van der Waals surface area (Å²) in [6, 6.07) is 6.35. The molecule has 0 radical (unpaired) electrons. The number of hydrogen-bond acceptors (Lipinski definition) is 3. The molecule has 3 unspecified atom stereocenters. The van der Waals surface area contributed by atoms with Gasteiger partial charge in [-0.15, -0.1) is 0 Å². The lowest BCUT2D eigenvalue weighted by molar-refractivity contribution is -0.143. The number of rotatable bonds is 2. The van der Waals surface area contributed by atoms with Crippen LogP contribution < -0.4 is 10.1 Å². The summed E-state index contributed by atoms with van der Waals surface area (Å²) in [7, 11) is 1.74. The van der Waals surface area contributed by atoms with Gasteiger partial charge in [-0.3, -0.25) is 0 Å². The monoisotopic (exact) mass is 289 g/mol. The van der Waals surface area contributed by atoms with Crippen LogP contribution in [0.15, 0.2) is 18.2 Å². The van der Waals surface area contributed by atoms with Crippen molar-refractivity contribution in [1.29, 1.82) is 0 Å². The van der Waals surface area contributed by atoms with Crippen LogP contribution in [0.1, 0.15) is 49.8 Å². The zero-order valence-corrected chi connectivity index (χ0v) is 13.4.